The van der Waals surface area contributed by atoms with Crippen molar-refractivity contribution >= 4 is 6.29 Å². The minimum absolute atomic E-state index is 0.118. The fourth-order valence-corrected chi connectivity index (χ4v) is 0.966. The van der Waals surface area contributed by atoms with Gasteiger partial charge in [0.25, 0.3) is 6.43 Å². The van der Waals surface area contributed by atoms with E-state index in [1.54, 1.807) is 0 Å². The Morgan fingerprint density at radius 3 is 2.25 bits per heavy atom. The van der Waals surface area contributed by atoms with E-state index >= 15 is 0 Å². The van der Waals surface area contributed by atoms with Gasteiger partial charge in [0, 0.05) is 0 Å². The monoisotopic (exact) mass is 243 g/mol. The van der Waals surface area contributed by atoms with Crippen LogP contribution in [0.5, 0.6) is 0 Å². The second kappa shape index (κ2) is 4.11. The number of halogens is 6. The Kier molecular flexibility index (Phi) is 3.20. The summed E-state index contributed by atoms with van der Waals surface area (Å²) in [5.74, 6) is -1.95. The summed E-state index contributed by atoms with van der Waals surface area (Å²) in [5, 5.41) is 0. The largest absolute Gasteiger partial charge is 0.419 e. The molecule has 0 saturated heterocycles. The predicted molar refractivity (Wildman–Crippen MR) is 39.5 cm³/mol. The van der Waals surface area contributed by atoms with E-state index in [0.29, 0.717) is 0 Å². The Labute approximate surface area is 84.9 Å². The number of aldehydes is 1. The average Bonchev–Trinajstić information content (AvgIpc) is 2.15. The third kappa shape index (κ3) is 2.31. The Morgan fingerprint density at radius 2 is 1.88 bits per heavy atom. The first-order valence-corrected chi connectivity index (χ1v) is 3.78. The Hall–Kier alpha value is -1.60. The molecule has 0 aliphatic carbocycles. The molecule has 16 heavy (non-hydrogen) atoms. The maximum Gasteiger partial charge on any atom is 0.419 e. The Morgan fingerprint density at radius 1 is 1.31 bits per heavy atom. The van der Waals surface area contributed by atoms with Gasteiger partial charge in [-0.25, -0.2) is 18.2 Å². The molecule has 0 unspecified atom stereocenters. The van der Waals surface area contributed by atoms with Crippen LogP contribution in [0.4, 0.5) is 26.3 Å². The van der Waals surface area contributed by atoms with Gasteiger partial charge in [-0.15, -0.1) is 0 Å². The van der Waals surface area contributed by atoms with Gasteiger partial charge in [0.05, 0.1) is 5.56 Å². The lowest BCUT2D eigenvalue weighted by atomic mass is 10.1. The second-order valence-corrected chi connectivity index (χ2v) is 2.71. The molecule has 1 heterocycles. The van der Waals surface area contributed by atoms with Crippen molar-refractivity contribution in [3.8, 4) is 0 Å². The molecule has 1 aromatic heterocycles. The van der Waals surface area contributed by atoms with Gasteiger partial charge in [-0.3, -0.25) is 4.79 Å². The van der Waals surface area contributed by atoms with E-state index in [2.05, 4.69) is 4.98 Å². The van der Waals surface area contributed by atoms with Crippen molar-refractivity contribution < 1.29 is 31.1 Å². The molecule has 0 aliphatic rings. The number of hydrogen-bond donors (Lipinski definition) is 0. The van der Waals surface area contributed by atoms with Gasteiger partial charge in [0.1, 0.15) is 11.4 Å². The van der Waals surface area contributed by atoms with Crippen molar-refractivity contribution in [3.05, 3.63) is 28.8 Å². The number of rotatable bonds is 2. The van der Waals surface area contributed by atoms with Gasteiger partial charge in [-0.1, -0.05) is 0 Å². The Balaban J connectivity index is 3.48. The highest BCUT2D eigenvalue weighted by Gasteiger charge is 2.37. The number of carbonyl (C=O) groups is 1. The molecule has 0 aromatic carbocycles. The predicted octanol–water partition coefficient (Wildman–Crippen LogP) is 2.99. The molecule has 0 fully saturated rings. The molecule has 0 aliphatic heterocycles. The van der Waals surface area contributed by atoms with Crippen molar-refractivity contribution in [3.63, 3.8) is 0 Å². The zero-order chi connectivity index (χ0) is 12.5. The van der Waals surface area contributed by atoms with Gasteiger partial charge in [-0.05, 0) is 6.07 Å². The summed E-state index contributed by atoms with van der Waals surface area (Å²) < 4.78 is 73.7. The Bertz CT molecular complexity index is 414. The quantitative estimate of drug-likeness (QED) is 0.590. The molecule has 1 rings (SSSR count). The van der Waals surface area contributed by atoms with Gasteiger partial charge in [-0.2, -0.15) is 13.2 Å². The van der Waals surface area contributed by atoms with Crippen molar-refractivity contribution in [1.29, 1.82) is 0 Å². The number of aromatic nitrogens is 1. The first-order valence-electron chi connectivity index (χ1n) is 3.78. The lowest BCUT2D eigenvalue weighted by Gasteiger charge is -2.10. The maximum absolute atomic E-state index is 13.0. The number of nitrogens with zero attached hydrogens (tertiary/aromatic N) is 1. The molecular weight excluding hydrogens is 240 g/mol. The molecule has 0 amide bonds. The van der Waals surface area contributed by atoms with E-state index in [1.807, 2.05) is 0 Å². The summed E-state index contributed by atoms with van der Waals surface area (Å²) >= 11 is 0. The zero-order valence-electron chi connectivity index (χ0n) is 7.36. The topological polar surface area (TPSA) is 30.0 Å². The molecule has 0 radical (unpaired) electrons. The fourth-order valence-electron chi connectivity index (χ4n) is 0.966. The number of carbonyl (C=O) groups excluding carboxylic acids is 1. The van der Waals surface area contributed by atoms with E-state index < -0.39 is 35.4 Å². The first kappa shape index (κ1) is 12.5. The fraction of sp³-hybridized carbons (Fsp3) is 0.250. The zero-order valence-corrected chi connectivity index (χ0v) is 7.36. The van der Waals surface area contributed by atoms with Crippen LogP contribution in [0.3, 0.4) is 0 Å². The van der Waals surface area contributed by atoms with E-state index in [9.17, 15) is 31.1 Å². The van der Waals surface area contributed by atoms with Gasteiger partial charge in [0.15, 0.2) is 12.1 Å². The van der Waals surface area contributed by atoms with Crippen LogP contribution in [-0.2, 0) is 6.18 Å². The second-order valence-electron chi connectivity index (χ2n) is 2.71. The highest BCUT2D eigenvalue weighted by Crippen LogP contribution is 2.33. The van der Waals surface area contributed by atoms with Crippen LogP contribution >= 0.6 is 0 Å². The third-order valence-corrected chi connectivity index (χ3v) is 1.64. The van der Waals surface area contributed by atoms with Crippen molar-refractivity contribution in [2.24, 2.45) is 0 Å². The molecule has 2 nitrogen and oxygen atoms in total. The van der Waals surface area contributed by atoms with Crippen LogP contribution in [0.1, 0.15) is 28.2 Å². The summed E-state index contributed by atoms with van der Waals surface area (Å²) in [5.41, 5.74) is -4.51. The number of pyridine rings is 1. The lowest BCUT2D eigenvalue weighted by molar-refractivity contribution is -0.140. The molecule has 1 aromatic rings. The minimum Gasteiger partial charge on any atom is -0.296 e. The third-order valence-electron chi connectivity index (χ3n) is 1.64. The highest BCUT2D eigenvalue weighted by atomic mass is 19.4. The van der Waals surface area contributed by atoms with E-state index in [4.69, 9.17) is 0 Å². The van der Waals surface area contributed by atoms with Crippen molar-refractivity contribution in [2.75, 3.05) is 0 Å². The van der Waals surface area contributed by atoms with Crippen LogP contribution < -0.4 is 0 Å². The summed E-state index contributed by atoms with van der Waals surface area (Å²) in [6.45, 7) is 0. The normalized spacial score (nSPS) is 11.9. The van der Waals surface area contributed by atoms with Crippen LogP contribution in [0.25, 0.3) is 0 Å². The summed E-state index contributed by atoms with van der Waals surface area (Å²) in [7, 11) is 0. The molecule has 8 heteroatoms. The van der Waals surface area contributed by atoms with Crippen molar-refractivity contribution in [1.82, 2.24) is 4.98 Å². The van der Waals surface area contributed by atoms with E-state index in [-0.39, 0.29) is 12.4 Å². The SMILES string of the molecule is O=Cc1nc(C(F)F)cc(C(F)(F)F)c1F. The van der Waals surface area contributed by atoms with Gasteiger partial charge >= 0.3 is 6.18 Å². The molecule has 0 N–H and O–H groups in total. The highest BCUT2D eigenvalue weighted by molar-refractivity contribution is 5.72. The summed E-state index contributed by atoms with van der Waals surface area (Å²) in [6, 6.07) is -0.118. The number of hydrogen-bond acceptors (Lipinski definition) is 2. The smallest absolute Gasteiger partial charge is 0.296 e. The lowest BCUT2D eigenvalue weighted by Crippen LogP contribution is -2.13. The van der Waals surface area contributed by atoms with Crippen LogP contribution in [0, 0.1) is 5.82 Å². The molecule has 0 bridgehead atoms. The summed E-state index contributed by atoms with van der Waals surface area (Å²) in [6.07, 6.45) is -8.83. The standard InChI is InChI=1S/C8H3F6NO/c9-6-3(8(12,13)14)1-4(7(10)11)15-5(6)2-16/h1-2,7H. The molecule has 0 saturated carbocycles. The molecule has 88 valence electrons. The van der Waals surface area contributed by atoms with Crippen LogP contribution in [0.15, 0.2) is 6.07 Å². The van der Waals surface area contributed by atoms with Crippen LogP contribution in [-0.4, -0.2) is 11.3 Å². The van der Waals surface area contributed by atoms with Crippen molar-refractivity contribution in [2.45, 2.75) is 12.6 Å². The first-order chi connectivity index (χ1) is 7.27. The molecule has 0 spiro atoms. The van der Waals surface area contributed by atoms with Gasteiger partial charge < -0.3 is 0 Å². The average molecular weight is 243 g/mol. The minimum atomic E-state index is -5.16. The van der Waals surface area contributed by atoms with Gasteiger partial charge in [0.2, 0.25) is 0 Å². The molecular formula is C8H3F6NO. The summed E-state index contributed by atoms with van der Waals surface area (Å²) in [4.78, 5) is 12.9. The molecule has 0 atom stereocenters. The van der Waals surface area contributed by atoms with Crippen LogP contribution in [0.2, 0.25) is 0 Å². The van der Waals surface area contributed by atoms with E-state index in [0.717, 1.165) is 0 Å². The maximum atomic E-state index is 13.0. The van der Waals surface area contributed by atoms with E-state index in [1.165, 1.54) is 0 Å². The number of alkyl halides is 5.